The van der Waals surface area contributed by atoms with Crippen molar-refractivity contribution in [3.05, 3.63) is 29.8 Å². The Morgan fingerprint density at radius 1 is 1.45 bits per heavy atom. The van der Waals surface area contributed by atoms with E-state index < -0.39 is 9.05 Å². The number of benzene rings is 1. The van der Waals surface area contributed by atoms with Gasteiger partial charge < -0.3 is 9.64 Å². The molecule has 20 heavy (non-hydrogen) atoms. The van der Waals surface area contributed by atoms with Crippen LogP contribution in [0.5, 0.6) is 0 Å². The lowest BCUT2D eigenvalue weighted by Gasteiger charge is -2.22. The van der Waals surface area contributed by atoms with Crippen LogP contribution in [0, 0.1) is 0 Å². The largest absolute Gasteiger partial charge is 0.383 e. The first-order chi connectivity index (χ1) is 9.43. The highest BCUT2D eigenvalue weighted by Crippen LogP contribution is 2.28. The van der Waals surface area contributed by atoms with E-state index >= 15 is 0 Å². The van der Waals surface area contributed by atoms with E-state index in [4.69, 9.17) is 15.4 Å². The summed E-state index contributed by atoms with van der Waals surface area (Å²) in [6.45, 7) is 0.952. The quantitative estimate of drug-likeness (QED) is 0.751. The third-order valence-electron chi connectivity index (χ3n) is 3.15. The van der Waals surface area contributed by atoms with Crippen molar-refractivity contribution in [2.24, 2.45) is 0 Å². The molecule has 0 heterocycles. The second kappa shape index (κ2) is 6.11. The van der Waals surface area contributed by atoms with Gasteiger partial charge in [0.25, 0.3) is 15.0 Å². The Balaban J connectivity index is 2.23. The van der Waals surface area contributed by atoms with Crippen molar-refractivity contribution in [1.82, 2.24) is 4.90 Å². The summed E-state index contributed by atoms with van der Waals surface area (Å²) in [5.41, 5.74) is 0.328. The number of hydrogen-bond acceptors (Lipinski definition) is 4. The van der Waals surface area contributed by atoms with Gasteiger partial charge in [0, 0.05) is 35.9 Å². The lowest BCUT2D eigenvalue weighted by Crippen LogP contribution is -2.35. The van der Waals surface area contributed by atoms with Gasteiger partial charge in [0.15, 0.2) is 0 Å². The molecule has 0 saturated heterocycles. The second-order valence-electron chi connectivity index (χ2n) is 4.69. The van der Waals surface area contributed by atoms with Crippen molar-refractivity contribution >= 4 is 25.6 Å². The molecule has 7 heteroatoms. The summed E-state index contributed by atoms with van der Waals surface area (Å²) in [4.78, 5) is 14.1. The van der Waals surface area contributed by atoms with Gasteiger partial charge in [-0.3, -0.25) is 4.79 Å². The van der Waals surface area contributed by atoms with E-state index in [0.717, 1.165) is 12.8 Å². The summed E-state index contributed by atoms with van der Waals surface area (Å²) in [5, 5.41) is 0. The lowest BCUT2D eigenvalue weighted by atomic mass is 10.2. The highest BCUT2D eigenvalue weighted by atomic mass is 35.7. The first kappa shape index (κ1) is 15.3. The predicted octanol–water partition coefficient (Wildman–Crippen LogP) is 1.87. The van der Waals surface area contributed by atoms with Crippen LogP contribution in [0.25, 0.3) is 0 Å². The average Bonchev–Trinajstić information content (AvgIpc) is 3.23. The molecule has 110 valence electrons. The maximum Gasteiger partial charge on any atom is 0.261 e. The van der Waals surface area contributed by atoms with Crippen LogP contribution >= 0.6 is 10.7 Å². The Labute approximate surface area is 122 Å². The van der Waals surface area contributed by atoms with Gasteiger partial charge in [0.2, 0.25) is 0 Å². The van der Waals surface area contributed by atoms with Crippen LogP contribution in [-0.4, -0.2) is 45.5 Å². The van der Waals surface area contributed by atoms with Crippen molar-refractivity contribution in [2.75, 3.05) is 20.3 Å². The highest BCUT2D eigenvalue weighted by molar-refractivity contribution is 8.13. The molecule has 1 aliphatic rings. The second-order valence-corrected chi connectivity index (χ2v) is 7.25. The van der Waals surface area contributed by atoms with E-state index in [1.165, 1.54) is 18.2 Å². The molecule has 0 bridgehead atoms. The van der Waals surface area contributed by atoms with Crippen LogP contribution in [0.1, 0.15) is 23.2 Å². The van der Waals surface area contributed by atoms with Gasteiger partial charge in [-0.15, -0.1) is 0 Å². The van der Waals surface area contributed by atoms with Crippen LogP contribution in [0.2, 0.25) is 0 Å². The smallest absolute Gasteiger partial charge is 0.261 e. The maximum absolute atomic E-state index is 12.4. The van der Waals surface area contributed by atoms with Crippen molar-refractivity contribution in [2.45, 2.75) is 23.8 Å². The van der Waals surface area contributed by atoms with E-state index in [1.807, 2.05) is 0 Å². The molecule has 0 radical (unpaired) electrons. The van der Waals surface area contributed by atoms with Crippen LogP contribution in [0.4, 0.5) is 0 Å². The number of methoxy groups -OCH3 is 1. The van der Waals surface area contributed by atoms with Gasteiger partial charge in [0.1, 0.15) is 0 Å². The zero-order valence-electron chi connectivity index (χ0n) is 11.1. The summed E-state index contributed by atoms with van der Waals surface area (Å²) >= 11 is 0. The summed E-state index contributed by atoms with van der Waals surface area (Å²) in [7, 11) is 3.05. The van der Waals surface area contributed by atoms with E-state index in [9.17, 15) is 13.2 Å². The molecule has 0 aromatic heterocycles. The molecule has 0 atom stereocenters. The molecule has 1 amide bonds. The Morgan fingerprint density at radius 2 is 2.15 bits per heavy atom. The number of rotatable bonds is 6. The first-order valence-corrected chi connectivity index (χ1v) is 8.59. The molecule has 0 aliphatic heterocycles. The molecular formula is C13H16ClNO4S. The third kappa shape index (κ3) is 3.71. The van der Waals surface area contributed by atoms with E-state index in [-0.39, 0.29) is 16.8 Å². The van der Waals surface area contributed by atoms with E-state index in [0.29, 0.717) is 18.7 Å². The Morgan fingerprint density at radius 3 is 2.70 bits per heavy atom. The number of carbonyl (C=O) groups is 1. The van der Waals surface area contributed by atoms with E-state index in [1.54, 1.807) is 18.1 Å². The van der Waals surface area contributed by atoms with Gasteiger partial charge in [-0.25, -0.2) is 8.42 Å². The Kier molecular flexibility index (Phi) is 4.67. The first-order valence-electron chi connectivity index (χ1n) is 6.28. The highest BCUT2D eigenvalue weighted by Gasteiger charge is 2.32. The molecule has 0 unspecified atom stereocenters. The SMILES string of the molecule is COCCN(C(=O)c1cccc(S(=O)(=O)Cl)c1)C1CC1. The van der Waals surface area contributed by atoms with Gasteiger partial charge in [-0.05, 0) is 31.0 Å². The maximum atomic E-state index is 12.4. The molecule has 0 spiro atoms. The van der Waals surface area contributed by atoms with Crippen LogP contribution in [0.15, 0.2) is 29.2 Å². The summed E-state index contributed by atoms with van der Waals surface area (Å²) in [6, 6.07) is 6.02. The minimum Gasteiger partial charge on any atom is -0.383 e. The van der Waals surface area contributed by atoms with Gasteiger partial charge >= 0.3 is 0 Å². The van der Waals surface area contributed by atoms with Crippen LogP contribution < -0.4 is 0 Å². The topological polar surface area (TPSA) is 63.7 Å². The summed E-state index contributed by atoms with van der Waals surface area (Å²) in [5.74, 6) is -0.188. The van der Waals surface area contributed by atoms with Gasteiger partial charge in [-0.2, -0.15) is 0 Å². The molecule has 5 nitrogen and oxygen atoms in total. The van der Waals surface area contributed by atoms with Gasteiger partial charge in [0.05, 0.1) is 11.5 Å². The predicted molar refractivity (Wildman–Crippen MR) is 75.4 cm³/mol. The van der Waals surface area contributed by atoms with Crippen molar-refractivity contribution in [3.63, 3.8) is 0 Å². The normalized spacial score (nSPS) is 15.1. The van der Waals surface area contributed by atoms with E-state index in [2.05, 4.69) is 0 Å². The summed E-state index contributed by atoms with van der Waals surface area (Å²) in [6.07, 6.45) is 1.95. The molecule has 0 N–H and O–H groups in total. The third-order valence-corrected chi connectivity index (χ3v) is 4.50. The zero-order chi connectivity index (χ0) is 14.8. The standard InChI is InChI=1S/C13H16ClNO4S/c1-19-8-7-15(11-5-6-11)13(16)10-3-2-4-12(9-10)20(14,17)18/h2-4,9,11H,5-8H2,1H3. The minimum atomic E-state index is -3.83. The number of hydrogen-bond donors (Lipinski definition) is 0. The number of halogens is 1. The van der Waals surface area contributed by atoms with Gasteiger partial charge in [-0.1, -0.05) is 6.07 Å². The Hall–Kier alpha value is -1.11. The number of carbonyl (C=O) groups excluding carboxylic acids is 1. The molecule has 1 aromatic carbocycles. The molecule has 1 aromatic rings. The molecule has 1 saturated carbocycles. The number of nitrogens with zero attached hydrogens (tertiary/aromatic N) is 1. The minimum absolute atomic E-state index is 0.0625. The monoisotopic (exact) mass is 317 g/mol. The Bertz CT molecular complexity index is 598. The fourth-order valence-corrected chi connectivity index (χ4v) is 2.77. The van der Waals surface area contributed by atoms with Crippen molar-refractivity contribution in [1.29, 1.82) is 0 Å². The number of amides is 1. The average molecular weight is 318 g/mol. The fourth-order valence-electron chi connectivity index (χ4n) is 1.97. The zero-order valence-corrected chi connectivity index (χ0v) is 12.7. The lowest BCUT2D eigenvalue weighted by molar-refractivity contribution is 0.0680. The molecule has 1 fully saturated rings. The molecule has 1 aliphatic carbocycles. The number of ether oxygens (including phenoxy) is 1. The fraction of sp³-hybridized carbons (Fsp3) is 0.462. The van der Waals surface area contributed by atoms with Crippen molar-refractivity contribution in [3.8, 4) is 0 Å². The molecule has 2 rings (SSSR count). The van der Waals surface area contributed by atoms with Crippen molar-refractivity contribution < 1.29 is 17.9 Å². The summed E-state index contributed by atoms with van der Waals surface area (Å²) < 4.78 is 27.6. The van der Waals surface area contributed by atoms with Crippen LogP contribution in [-0.2, 0) is 13.8 Å². The molecular weight excluding hydrogens is 302 g/mol. The van der Waals surface area contributed by atoms with Crippen LogP contribution in [0.3, 0.4) is 0 Å².